The number of phenols is 1. The largest absolute Gasteiger partial charge is 0.507 e. The molecule has 3 rings (SSSR count). The monoisotopic (exact) mass is 474 g/mol. The van der Waals surface area contributed by atoms with E-state index in [9.17, 15) is 24.5 Å². The van der Waals surface area contributed by atoms with Crippen molar-refractivity contribution in [2.24, 2.45) is 0 Å². The molecule has 0 spiro atoms. The van der Waals surface area contributed by atoms with Crippen molar-refractivity contribution in [1.29, 1.82) is 0 Å². The third-order valence-electron chi connectivity index (χ3n) is 5.05. The first-order valence-corrected chi connectivity index (χ1v) is 10.3. The molecule has 0 saturated carbocycles. The Bertz CT molecular complexity index is 1170. The number of alkyl halides is 1. The normalized spacial score (nSPS) is 11.3. The van der Waals surface area contributed by atoms with Crippen molar-refractivity contribution >= 4 is 34.7 Å². The maximum atomic E-state index is 13.3. The molecule has 8 nitrogen and oxygen atoms in total. The van der Waals surface area contributed by atoms with Crippen molar-refractivity contribution in [2.75, 3.05) is 24.3 Å². The van der Waals surface area contributed by atoms with Gasteiger partial charge in [0.05, 0.1) is 30.0 Å². The molecule has 10 heteroatoms. The van der Waals surface area contributed by atoms with Crippen LogP contribution in [0.25, 0.3) is 11.3 Å². The number of halogens is 2. The minimum Gasteiger partial charge on any atom is -0.507 e. The lowest BCUT2D eigenvalue weighted by atomic mass is 10.0. The van der Waals surface area contributed by atoms with Gasteiger partial charge in [-0.25, -0.2) is 9.37 Å². The zero-order valence-electron chi connectivity index (χ0n) is 17.8. The Morgan fingerprint density at radius 3 is 2.52 bits per heavy atom. The molecule has 7 N–H and O–H groups in total. The summed E-state index contributed by atoms with van der Waals surface area (Å²) in [6.45, 7) is -0.159. The second kappa shape index (κ2) is 10.0. The van der Waals surface area contributed by atoms with Gasteiger partial charge in [0.25, 0.3) is 5.91 Å². The molecule has 0 aliphatic carbocycles. The highest BCUT2D eigenvalue weighted by Gasteiger charge is 2.26. The number of carbonyl (C=O) groups is 1. The summed E-state index contributed by atoms with van der Waals surface area (Å²) in [5.74, 6) is -0.781. The number of nitrogen functional groups attached to an aromatic ring is 1. The minimum absolute atomic E-state index is 0.0504. The molecule has 1 aromatic heterocycles. The molecule has 3 aromatic rings. The summed E-state index contributed by atoms with van der Waals surface area (Å²) >= 11 is 5.93. The van der Waals surface area contributed by atoms with Crippen LogP contribution >= 0.6 is 11.6 Å². The molecule has 0 fully saturated rings. The van der Waals surface area contributed by atoms with Crippen LogP contribution in [0.15, 0.2) is 48.5 Å². The number of pyridine rings is 1. The average Bonchev–Trinajstić information content (AvgIpc) is 2.81. The number of aromatic hydroxyl groups is 1. The Hall–Kier alpha value is -3.40. The molecule has 0 bridgehead atoms. The Morgan fingerprint density at radius 2 is 1.88 bits per heavy atom. The number of hydrogen-bond acceptors (Lipinski definition) is 7. The van der Waals surface area contributed by atoms with Crippen LogP contribution in [0.4, 0.5) is 21.6 Å². The Kier molecular flexibility index (Phi) is 7.37. The molecule has 0 saturated heterocycles. The summed E-state index contributed by atoms with van der Waals surface area (Å²) in [6.07, 6.45) is 0. The van der Waals surface area contributed by atoms with Gasteiger partial charge in [0, 0.05) is 27.5 Å². The van der Waals surface area contributed by atoms with Crippen molar-refractivity contribution in [1.82, 2.24) is 10.3 Å². The molecular weight excluding hydrogens is 451 g/mol. The quantitative estimate of drug-likeness (QED) is 0.275. The molecule has 1 heterocycles. The van der Waals surface area contributed by atoms with Gasteiger partial charge in [-0.3, -0.25) is 4.79 Å². The third-order valence-corrected chi connectivity index (χ3v) is 5.28. The van der Waals surface area contributed by atoms with Gasteiger partial charge in [0.2, 0.25) is 0 Å². The number of aliphatic hydroxyl groups excluding tert-OH is 2. The molecular formula is C23H24ClFN4O4. The maximum absolute atomic E-state index is 13.3. The predicted molar refractivity (Wildman–Crippen MR) is 125 cm³/mol. The van der Waals surface area contributed by atoms with Crippen molar-refractivity contribution in [3.63, 3.8) is 0 Å². The van der Waals surface area contributed by atoms with Crippen LogP contribution in [0.5, 0.6) is 5.75 Å². The van der Waals surface area contributed by atoms with Crippen LogP contribution in [0.1, 0.15) is 22.8 Å². The van der Waals surface area contributed by atoms with Crippen LogP contribution in [0, 0.1) is 0 Å². The van der Waals surface area contributed by atoms with Gasteiger partial charge < -0.3 is 31.7 Å². The van der Waals surface area contributed by atoms with Crippen LogP contribution in [0.2, 0.25) is 5.02 Å². The molecule has 0 radical (unpaired) electrons. The van der Waals surface area contributed by atoms with E-state index in [-0.39, 0.29) is 17.1 Å². The van der Waals surface area contributed by atoms with Crippen molar-refractivity contribution in [2.45, 2.75) is 19.1 Å². The van der Waals surface area contributed by atoms with E-state index in [4.69, 9.17) is 17.3 Å². The Balaban J connectivity index is 1.89. The van der Waals surface area contributed by atoms with Crippen molar-refractivity contribution < 1.29 is 24.5 Å². The number of carbonyl (C=O) groups excluding carboxylic acids is 1. The topological polar surface area (TPSA) is 141 Å². The standard InChI is InChI=1S/C23H24ClFN4O4/c1-23(11-30,12-31)29-22(33)16-4-6-19(28-21(16)26)17-9-15(3-7-20(17)32)27-18-5-2-14(24)8-13(18)10-25/h2-9,27,30-32H,10-12H2,1H3,(H2,26,28)(H,29,33). The van der Waals surface area contributed by atoms with E-state index in [0.29, 0.717) is 33.2 Å². The summed E-state index contributed by atoms with van der Waals surface area (Å²) in [4.78, 5) is 16.7. The van der Waals surface area contributed by atoms with Crippen LogP contribution in [-0.2, 0) is 6.67 Å². The summed E-state index contributed by atoms with van der Waals surface area (Å²) in [5.41, 5.74) is 6.91. The van der Waals surface area contributed by atoms with Gasteiger partial charge in [0.1, 0.15) is 18.2 Å². The molecule has 2 aromatic carbocycles. The Morgan fingerprint density at radius 1 is 1.15 bits per heavy atom. The fourth-order valence-electron chi connectivity index (χ4n) is 3.06. The molecule has 33 heavy (non-hydrogen) atoms. The number of nitrogens with zero attached hydrogens (tertiary/aromatic N) is 1. The first-order valence-electron chi connectivity index (χ1n) is 9.95. The number of rotatable bonds is 8. The van der Waals surface area contributed by atoms with E-state index in [1.54, 1.807) is 24.3 Å². The second-order valence-electron chi connectivity index (χ2n) is 7.75. The predicted octanol–water partition coefficient (Wildman–Crippen LogP) is 3.38. The lowest BCUT2D eigenvalue weighted by Gasteiger charge is -2.26. The van der Waals surface area contributed by atoms with E-state index in [1.807, 2.05) is 0 Å². The summed E-state index contributed by atoms with van der Waals surface area (Å²) in [5, 5.41) is 35.1. The SMILES string of the molecule is CC(CO)(CO)NC(=O)c1ccc(-c2cc(Nc3ccc(Cl)cc3CF)ccc2O)nc1N. The van der Waals surface area contributed by atoms with Crippen LogP contribution < -0.4 is 16.4 Å². The summed E-state index contributed by atoms with van der Waals surface area (Å²) in [6, 6.07) is 12.4. The number of benzene rings is 2. The average molecular weight is 475 g/mol. The minimum atomic E-state index is -1.22. The highest BCUT2D eigenvalue weighted by Crippen LogP contribution is 2.33. The summed E-state index contributed by atoms with van der Waals surface area (Å²) in [7, 11) is 0. The van der Waals surface area contributed by atoms with E-state index >= 15 is 0 Å². The highest BCUT2D eigenvalue weighted by atomic mass is 35.5. The highest BCUT2D eigenvalue weighted by molar-refractivity contribution is 6.30. The van der Waals surface area contributed by atoms with Crippen molar-refractivity contribution in [3.8, 4) is 17.0 Å². The van der Waals surface area contributed by atoms with Gasteiger partial charge in [-0.2, -0.15) is 0 Å². The fourth-order valence-corrected chi connectivity index (χ4v) is 3.25. The Labute approximate surface area is 194 Å². The molecule has 0 aliphatic rings. The van der Waals surface area contributed by atoms with Crippen LogP contribution in [-0.4, -0.2) is 45.0 Å². The third kappa shape index (κ3) is 5.51. The number of nitrogens with one attached hydrogen (secondary N) is 2. The van der Waals surface area contributed by atoms with E-state index < -0.39 is 31.3 Å². The number of aliphatic hydroxyl groups is 2. The van der Waals surface area contributed by atoms with Gasteiger partial charge in [-0.1, -0.05) is 11.6 Å². The molecule has 174 valence electrons. The zero-order chi connectivity index (χ0) is 24.2. The lowest BCUT2D eigenvalue weighted by molar-refractivity contribution is 0.0724. The van der Waals surface area contributed by atoms with Gasteiger partial charge in [0.15, 0.2) is 0 Å². The van der Waals surface area contributed by atoms with E-state index in [2.05, 4.69) is 15.6 Å². The summed E-state index contributed by atoms with van der Waals surface area (Å²) < 4.78 is 13.3. The smallest absolute Gasteiger partial charge is 0.255 e. The van der Waals surface area contributed by atoms with Crippen LogP contribution in [0.3, 0.4) is 0 Å². The lowest BCUT2D eigenvalue weighted by Crippen LogP contribution is -2.51. The van der Waals surface area contributed by atoms with Gasteiger partial charge >= 0.3 is 0 Å². The second-order valence-corrected chi connectivity index (χ2v) is 8.19. The number of nitrogens with two attached hydrogens (primary N) is 1. The maximum Gasteiger partial charge on any atom is 0.255 e. The molecule has 1 amide bonds. The molecule has 0 aliphatic heterocycles. The van der Waals surface area contributed by atoms with Gasteiger partial charge in [-0.05, 0) is 55.5 Å². The number of phenolic OH excluding ortho intramolecular Hbond substituents is 1. The fraction of sp³-hybridized carbons (Fsp3) is 0.217. The van der Waals surface area contributed by atoms with E-state index in [1.165, 1.54) is 31.2 Å². The number of aromatic nitrogens is 1. The number of anilines is 3. The number of amides is 1. The number of hydrogen-bond donors (Lipinski definition) is 6. The molecule has 0 unspecified atom stereocenters. The first kappa shape index (κ1) is 24.2. The van der Waals surface area contributed by atoms with Gasteiger partial charge in [-0.15, -0.1) is 0 Å². The van der Waals surface area contributed by atoms with Crippen molar-refractivity contribution in [3.05, 3.63) is 64.7 Å². The van der Waals surface area contributed by atoms with E-state index in [0.717, 1.165) is 0 Å². The zero-order valence-corrected chi connectivity index (χ0v) is 18.5. The molecule has 0 atom stereocenters. The first-order chi connectivity index (χ1) is 15.7.